The van der Waals surface area contributed by atoms with Gasteiger partial charge >= 0.3 is 5.97 Å². The van der Waals surface area contributed by atoms with Crippen LogP contribution < -0.4 is 0 Å². The third-order valence-electron chi connectivity index (χ3n) is 2.25. The summed E-state index contributed by atoms with van der Waals surface area (Å²) in [6, 6.07) is 0. The van der Waals surface area contributed by atoms with Gasteiger partial charge in [0.25, 0.3) is 0 Å². The summed E-state index contributed by atoms with van der Waals surface area (Å²) in [4.78, 5) is 15.5. The molecule has 0 atom stereocenters. The minimum Gasteiger partial charge on any atom is -0.481 e. The van der Waals surface area contributed by atoms with Crippen molar-refractivity contribution in [3.05, 3.63) is 23.0 Å². The quantitative estimate of drug-likeness (QED) is 0.820. The first-order valence-corrected chi connectivity index (χ1v) is 5.72. The monoisotopic (exact) mass is 234 g/mol. The number of imidazole rings is 1. The lowest BCUT2D eigenvalue weighted by atomic mass is 10.2. The van der Waals surface area contributed by atoms with Crippen LogP contribution in [0, 0.1) is 12.3 Å². The number of thiazole rings is 1. The Labute approximate surface area is 96.6 Å². The molecule has 1 N–H and O–H groups in total. The molecule has 82 valence electrons. The highest BCUT2D eigenvalue weighted by atomic mass is 32.1. The Hall–Kier alpha value is -1.80. The van der Waals surface area contributed by atoms with Gasteiger partial charge in [-0.2, -0.15) is 0 Å². The maximum atomic E-state index is 10.4. The number of carboxylic acid groups (broad SMARTS) is 1. The van der Waals surface area contributed by atoms with E-state index in [2.05, 4.69) is 10.9 Å². The molecule has 2 aromatic rings. The van der Waals surface area contributed by atoms with E-state index < -0.39 is 5.97 Å². The van der Waals surface area contributed by atoms with Crippen LogP contribution in [0.15, 0.2) is 11.6 Å². The van der Waals surface area contributed by atoms with Crippen molar-refractivity contribution in [1.29, 1.82) is 0 Å². The molecule has 0 saturated heterocycles. The zero-order valence-electron chi connectivity index (χ0n) is 8.51. The van der Waals surface area contributed by atoms with Crippen molar-refractivity contribution >= 4 is 22.3 Å². The number of nitrogens with zero attached hydrogens (tertiary/aromatic N) is 2. The Morgan fingerprint density at radius 3 is 3.19 bits per heavy atom. The number of aliphatic carboxylic acids is 1. The molecule has 2 aromatic heterocycles. The Kier molecular flexibility index (Phi) is 2.93. The summed E-state index contributed by atoms with van der Waals surface area (Å²) >= 11 is 1.52. The molecule has 2 rings (SSSR count). The first-order chi connectivity index (χ1) is 7.70. The largest absolute Gasteiger partial charge is 0.481 e. The van der Waals surface area contributed by atoms with Gasteiger partial charge in [-0.25, -0.2) is 4.98 Å². The van der Waals surface area contributed by atoms with E-state index in [0.717, 1.165) is 17.1 Å². The van der Waals surface area contributed by atoms with Crippen LogP contribution >= 0.6 is 11.3 Å². The number of fused-ring (bicyclic) bond motifs is 1. The summed E-state index contributed by atoms with van der Waals surface area (Å²) < 4.78 is 1.93. The van der Waals surface area contributed by atoms with Gasteiger partial charge < -0.3 is 5.11 Å². The summed E-state index contributed by atoms with van der Waals surface area (Å²) in [7, 11) is 0. The fraction of sp³-hybridized carbons (Fsp3) is 0.273. The second kappa shape index (κ2) is 4.37. The van der Waals surface area contributed by atoms with Crippen molar-refractivity contribution in [1.82, 2.24) is 9.38 Å². The third-order valence-corrected chi connectivity index (χ3v) is 3.14. The summed E-state index contributed by atoms with van der Waals surface area (Å²) in [5, 5.41) is 10.5. The van der Waals surface area contributed by atoms with Crippen molar-refractivity contribution in [2.75, 3.05) is 0 Å². The molecule has 0 radical (unpaired) electrons. The summed E-state index contributed by atoms with van der Waals surface area (Å²) in [6.45, 7) is 0. The van der Waals surface area contributed by atoms with E-state index in [1.807, 2.05) is 16.0 Å². The Bertz CT molecular complexity index is 562. The van der Waals surface area contributed by atoms with E-state index in [4.69, 9.17) is 11.5 Å². The maximum absolute atomic E-state index is 10.4. The zero-order valence-corrected chi connectivity index (χ0v) is 9.33. The normalized spacial score (nSPS) is 10.4. The van der Waals surface area contributed by atoms with Crippen molar-refractivity contribution < 1.29 is 9.90 Å². The average molecular weight is 234 g/mol. The van der Waals surface area contributed by atoms with E-state index in [1.165, 1.54) is 11.3 Å². The van der Waals surface area contributed by atoms with Gasteiger partial charge in [0.05, 0.1) is 0 Å². The molecule has 0 amide bonds. The first kappa shape index (κ1) is 10.7. The molecule has 0 fully saturated rings. The maximum Gasteiger partial charge on any atom is 0.303 e. The number of carboxylic acids is 1. The number of hydrogen-bond donors (Lipinski definition) is 1. The molecule has 0 aromatic carbocycles. The van der Waals surface area contributed by atoms with Gasteiger partial charge in [0.15, 0.2) is 4.96 Å². The smallest absolute Gasteiger partial charge is 0.303 e. The second-order valence-corrected chi connectivity index (χ2v) is 4.23. The number of aromatic nitrogens is 2. The fourth-order valence-corrected chi connectivity index (χ4v) is 2.41. The SMILES string of the molecule is C#Cc1cn2c(CCCC(=O)O)csc2n1. The molecular weight excluding hydrogens is 224 g/mol. The summed E-state index contributed by atoms with van der Waals surface area (Å²) in [5.41, 5.74) is 1.68. The van der Waals surface area contributed by atoms with Crippen LogP contribution in [-0.2, 0) is 11.2 Å². The molecule has 16 heavy (non-hydrogen) atoms. The van der Waals surface area contributed by atoms with Gasteiger partial charge in [-0.3, -0.25) is 9.20 Å². The lowest BCUT2D eigenvalue weighted by Crippen LogP contribution is -1.97. The number of aryl methyl sites for hydroxylation is 1. The lowest BCUT2D eigenvalue weighted by molar-refractivity contribution is -0.137. The molecule has 0 aliphatic carbocycles. The highest BCUT2D eigenvalue weighted by Gasteiger charge is 2.07. The van der Waals surface area contributed by atoms with Gasteiger partial charge in [0.1, 0.15) is 5.69 Å². The van der Waals surface area contributed by atoms with E-state index in [0.29, 0.717) is 12.1 Å². The molecule has 0 unspecified atom stereocenters. The Morgan fingerprint density at radius 2 is 2.50 bits per heavy atom. The molecule has 0 aliphatic heterocycles. The van der Waals surface area contributed by atoms with E-state index >= 15 is 0 Å². The number of rotatable bonds is 4. The number of carbonyl (C=O) groups is 1. The zero-order chi connectivity index (χ0) is 11.5. The van der Waals surface area contributed by atoms with Crippen LogP contribution in [0.4, 0.5) is 0 Å². The summed E-state index contributed by atoms with van der Waals surface area (Å²) in [5.74, 6) is 1.72. The van der Waals surface area contributed by atoms with Crippen LogP contribution in [-0.4, -0.2) is 20.5 Å². The topological polar surface area (TPSA) is 54.6 Å². The lowest BCUT2D eigenvalue weighted by Gasteiger charge is -1.96. The standard InChI is InChI=1S/C11H10N2O2S/c1-2-8-6-13-9(4-3-5-10(14)15)7-16-11(13)12-8/h1,6-7H,3-5H2,(H,14,15). The minimum atomic E-state index is -0.763. The molecule has 4 nitrogen and oxygen atoms in total. The molecular formula is C11H10N2O2S. The second-order valence-electron chi connectivity index (χ2n) is 3.40. The van der Waals surface area contributed by atoms with Crippen LogP contribution in [0.1, 0.15) is 24.2 Å². The summed E-state index contributed by atoms with van der Waals surface area (Å²) in [6.07, 6.45) is 8.62. The first-order valence-electron chi connectivity index (χ1n) is 4.84. The molecule has 2 heterocycles. The van der Waals surface area contributed by atoms with Crippen LogP contribution in [0.25, 0.3) is 4.96 Å². The fourth-order valence-electron chi connectivity index (χ4n) is 1.50. The van der Waals surface area contributed by atoms with Crippen LogP contribution in [0.3, 0.4) is 0 Å². The Balaban J connectivity index is 2.15. The molecule has 0 saturated carbocycles. The van der Waals surface area contributed by atoms with Crippen LogP contribution in [0.5, 0.6) is 0 Å². The minimum absolute atomic E-state index is 0.189. The highest BCUT2D eigenvalue weighted by molar-refractivity contribution is 7.15. The number of hydrogen-bond acceptors (Lipinski definition) is 3. The predicted octanol–water partition coefficient (Wildman–Crippen LogP) is 1.78. The van der Waals surface area contributed by atoms with E-state index in [1.54, 1.807) is 0 Å². The van der Waals surface area contributed by atoms with Crippen molar-refractivity contribution in [3.8, 4) is 12.3 Å². The van der Waals surface area contributed by atoms with Gasteiger partial charge in [-0.05, 0) is 18.8 Å². The third kappa shape index (κ3) is 2.07. The van der Waals surface area contributed by atoms with Gasteiger partial charge in [-0.1, -0.05) is 0 Å². The van der Waals surface area contributed by atoms with Crippen LogP contribution in [0.2, 0.25) is 0 Å². The van der Waals surface area contributed by atoms with Crippen molar-refractivity contribution in [3.63, 3.8) is 0 Å². The van der Waals surface area contributed by atoms with E-state index in [-0.39, 0.29) is 6.42 Å². The van der Waals surface area contributed by atoms with E-state index in [9.17, 15) is 4.79 Å². The molecule has 0 bridgehead atoms. The molecule has 0 aliphatic rings. The van der Waals surface area contributed by atoms with Gasteiger partial charge in [-0.15, -0.1) is 17.8 Å². The highest BCUT2D eigenvalue weighted by Crippen LogP contribution is 2.18. The van der Waals surface area contributed by atoms with Gasteiger partial charge in [0, 0.05) is 23.7 Å². The predicted molar refractivity (Wildman–Crippen MR) is 61.6 cm³/mol. The number of terminal acetylenes is 1. The molecule has 0 spiro atoms. The van der Waals surface area contributed by atoms with Gasteiger partial charge in [0.2, 0.25) is 0 Å². The average Bonchev–Trinajstić information content (AvgIpc) is 2.78. The molecule has 5 heteroatoms. The van der Waals surface area contributed by atoms with Crippen molar-refractivity contribution in [2.45, 2.75) is 19.3 Å². The Morgan fingerprint density at radius 1 is 1.69 bits per heavy atom. The van der Waals surface area contributed by atoms with Crippen molar-refractivity contribution in [2.24, 2.45) is 0 Å².